The molecular weight excluding hydrogens is 192 g/mol. The lowest BCUT2D eigenvalue weighted by atomic mass is 9.95. The summed E-state index contributed by atoms with van der Waals surface area (Å²) in [5.74, 6) is 0. The molecule has 0 aliphatic carbocycles. The Morgan fingerprint density at radius 1 is 1.47 bits per heavy atom. The Bertz CT molecular complexity index is 225. The lowest BCUT2D eigenvalue weighted by molar-refractivity contribution is -0.00720. The number of amides is 2. The fourth-order valence-corrected chi connectivity index (χ4v) is 2.08. The molecule has 0 radical (unpaired) electrons. The molecule has 1 N–H and O–H groups in total. The first-order valence-electron chi connectivity index (χ1n) is 5.76. The number of hydrogen-bond donors (Lipinski definition) is 1. The number of hydrogen-bond acceptors (Lipinski definition) is 2. The van der Waals surface area contributed by atoms with Crippen LogP contribution in [0.3, 0.4) is 0 Å². The van der Waals surface area contributed by atoms with Crippen LogP contribution in [0.5, 0.6) is 0 Å². The smallest absolute Gasteiger partial charge is 0.320 e. The number of carbonyl (C=O) groups excluding carboxylic acids is 1. The number of urea groups is 1. The molecule has 0 saturated carbocycles. The van der Waals surface area contributed by atoms with E-state index in [1.165, 1.54) is 0 Å². The van der Waals surface area contributed by atoms with Crippen LogP contribution in [0.1, 0.15) is 33.6 Å². The molecule has 0 aromatic heterocycles. The summed E-state index contributed by atoms with van der Waals surface area (Å²) in [6, 6.07) is 0.0555. The molecule has 0 aromatic carbocycles. The molecule has 15 heavy (non-hydrogen) atoms. The average molecular weight is 214 g/mol. The van der Waals surface area contributed by atoms with Crippen LogP contribution in [0.4, 0.5) is 4.79 Å². The molecule has 4 nitrogen and oxygen atoms in total. The van der Waals surface area contributed by atoms with E-state index >= 15 is 0 Å². The third-order valence-corrected chi connectivity index (χ3v) is 2.98. The number of rotatable bonds is 2. The molecule has 0 bridgehead atoms. The van der Waals surface area contributed by atoms with Crippen LogP contribution >= 0.6 is 0 Å². The van der Waals surface area contributed by atoms with Crippen molar-refractivity contribution in [1.82, 2.24) is 9.80 Å². The van der Waals surface area contributed by atoms with E-state index < -0.39 is 5.60 Å². The Labute approximate surface area is 91.9 Å². The van der Waals surface area contributed by atoms with Crippen molar-refractivity contribution >= 4 is 6.03 Å². The van der Waals surface area contributed by atoms with Crippen LogP contribution in [0, 0.1) is 0 Å². The Morgan fingerprint density at radius 3 is 2.53 bits per heavy atom. The van der Waals surface area contributed by atoms with Crippen molar-refractivity contribution in [2.75, 3.05) is 26.2 Å². The predicted molar refractivity (Wildman–Crippen MR) is 59.7 cm³/mol. The highest BCUT2D eigenvalue weighted by Crippen LogP contribution is 2.21. The highest BCUT2D eigenvalue weighted by molar-refractivity contribution is 5.74. The van der Waals surface area contributed by atoms with Gasteiger partial charge in [-0.1, -0.05) is 0 Å². The number of β-amino-alcohol motifs (C(OH)–C–C–N with tert-alkyl or cyclic N) is 1. The fourth-order valence-electron chi connectivity index (χ4n) is 2.08. The van der Waals surface area contributed by atoms with Gasteiger partial charge >= 0.3 is 6.03 Å². The molecule has 1 aliphatic heterocycles. The summed E-state index contributed by atoms with van der Waals surface area (Å²) in [6.45, 7) is 8.44. The van der Waals surface area contributed by atoms with Gasteiger partial charge in [0.25, 0.3) is 0 Å². The zero-order valence-corrected chi connectivity index (χ0v) is 9.99. The van der Waals surface area contributed by atoms with E-state index in [1.807, 2.05) is 13.8 Å². The highest BCUT2D eigenvalue weighted by Gasteiger charge is 2.32. The molecular formula is C11H22N2O2. The highest BCUT2D eigenvalue weighted by atomic mass is 16.3. The normalized spacial score (nSPS) is 26.5. The summed E-state index contributed by atoms with van der Waals surface area (Å²) < 4.78 is 0. The van der Waals surface area contributed by atoms with Crippen LogP contribution in [0.25, 0.3) is 0 Å². The van der Waals surface area contributed by atoms with Crippen molar-refractivity contribution in [3.05, 3.63) is 0 Å². The molecule has 1 aliphatic rings. The Hall–Kier alpha value is -0.770. The van der Waals surface area contributed by atoms with Gasteiger partial charge in [-0.15, -0.1) is 0 Å². The Balaban J connectivity index is 2.59. The van der Waals surface area contributed by atoms with Crippen molar-refractivity contribution in [2.45, 2.75) is 39.2 Å². The monoisotopic (exact) mass is 214 g/mol. The second-order valence-electron chi connectivity index (χ2n) is 4.48. The minimum atomic E-state index is -0.707. The third-order valence-electron chi connectivity index (χ3n) is 2.98. The summed E-state index contributed by atoms with van der Waals surface area (Å²) in [7, 11) is 0. The molecule has 88 valence electrons. The second-order valence-corrected chi connectivity index (χ2v) is 4.48. The number of likely N-dealkylation sites (tertiary alicyclic amines) is 1. The van der Waals surface area contributed by atoms with E-state index in [4.69, 9.17) is 0 Å². The van der Waals surface area contributed by atoms with E-state index in [1.54, 1.807) is 16.7 Å². The molecule has 1 fully saturated rings. The first-order chi connectivity index (χ1) is 7.00. The van der Waals surface area contributed by atoms with Crippen LogP contribution in [0.2, 0.25) is 0 Å². The molecule has 1 saturated heterocycles. The molecule has 4 heteroatoms. The Morgan fingerprint density at radius 2 is 2.07 bits per heavy atom. The molecule has 0 spiro atoms. The van der Waals surface area contributed by atoms with Crippen molar-refractivity contribution < 1.29 is 9.90 Å². The van der Waals surface area contributed by atoms with Crippen molar-refractivity contribution in [3.8, 4) is 0 Å². The van der Waals surface area contributed by atoms with Gasteiger partial charge < -0.3 is 14.9 Å². The zero-order valence-electron chi connectivity index (χ0n) is 9.99. The molecule has 0 aromatic rings. The third kappa shape index (κ3) is 3.09. The van der Waals surface area contributed by atoms with Crippen LogP contribution in [-0.2, 0) is 0 Å². The van der Waals surface area contributed by atoms with Crippen LogP contribution < -0.4 is 0 Å². The van der Waals surface area contributed by atoms with Crippen molar-refractivity contribution in [1.29, 1.82) is 0 Å². The van der Waals surface area contributed by atoms with E-state index in [-0.39, 0.29) is 6.03 Å². The van der Waals surface area contributed by atoms with Gasteiger partial charge in [-0.2, -0.15) is 0 Å². The van der Waals surface area contributed by atoms with Crippen LogP contribution in [-0.4, -0.2) is 52.7 Å². The second kappa shape index (κ2) is 4.84. The molecule has 2 amide bonds. The summed E-state index contributed by atoms with van der Waals surface area (Å²) >= 11 is 0. The predicted octanol–water partition coefficient (Wildman–Crippen LogP) is 1.29. The quantitative estimate of drug-likeness (QED) is 0.753. The number of piperidine rings is 1. The molecule has 1 rings (SSSR count). The molecule has 1 heterocycles. The van der Waals surface area contributed by atoms with Gasteiger partial charge in [-0.3, -0.25) is 0 Å². The average Bonchev–Trinajstić information content (AvgIpc) is 2.18. The van der Waals surface area contributed by atoms with Gasteiger partial charge in [0, 0.05) is 19.6 Å². The summed E-state index contributed by atoms with van der Waals surface area (Å²) in [5, 5.41) is 9.91. The first-order valence-corrected chi connectivity index (χ1v) is 5.76. The SMILES string of the molecule is CCN(CC)C(=O)N1CCCC(C)(O)C1. The maximum Gasteiger partial charge on any atom is 0.320 e. The molecule has 1 unspecified atom stereocenters. The number of nitrogens with zero attached hydrogens (tertiary/aromatic N) is 2. The maximum absolute atomic E-state index is 12.0. The largest absolute Gasteiger partial charge is 0.388 e. The summed E-state index contributed by atoms with van der Waals surface area (Å²) in [4.78, 5) is 15.5. The van der Waals surface area contributed by atoms with E-state index in [2.05, 4.69) is 0 Å². The van der Waals surface area contributed by atoms with E-state index in [9.17, 15) is 9.90 Å². The van der Waals surface area contributed by atoms with Gasteiger partial charge in [0.1, 0.15) is 0 Å². The van der Waals surface area contributed by atoms with Gasteiger partial charge in [-0.25, -0.2) is 4.79 Å². The van der Waals surface area contributed by atoms with E-state index in [0.717, 1.165) is 32.5 Å². The lowest BCUT2D eigenvalue weighted by Crippen LogP contribution is -2.52. The van der Waals surface area contributed by atoms with E-state index in [0.29, 0.717) is 6.54 Å². The number of carbonyl (C=O) groups is 1. The number of aliphatic hydroxyl groups is 1. The lowest BCUT2D eigenvalue weighted by Gasteiger charge is -2.39. The van der Waals surface area contributed by atoms with Gasteiger partial charge in [0.05, 0.1) is 12.1 Å². The van der Waals surface area contributed by atoms with Crippen molar-refractivity contribution in [2.24, 2.45) is 0 Å². The summed E-state index contributed by atoms with van der Waals surface area (Å²) in [5.41, 5.74) is -0.707. The maximum atomic E-state index is 12.0. The van der Waals surface area contributed by atoms with Crippen molar-refractivity contribution in [3.63, 3.8) is 0 Å². The summed E-state index contributed by atoms with van der Waals surface area (Å²) in [6.07, 6.45) is 1.68. The van der Waals surface area contributed by atoms with Gasteiger partial charge in [0.15, 0.2) is 0 Å². The molecule has 1 atom stereocenters. The first kappa shape index (κ1) is 12.3. The minimum absolute atomic E-state index is 0.0555. The van der Waals surface area contributed by atoms with Gasteiger partial charge in [-0.05, 0) is 33.6 Å². The zero-order chi connectivity index (χ0) is 11.5. The minimum Gasteiger partial charge on any atom is -0.388 e. The standard InChI is InChI=1S/C11H22N2O2/c1-4-12(5-2)10(14)13-8-6-7-11(3,15)9-13/h15H,4-9H2,1-3H3. The topological polar surface area (TPSA) is 43.8 Å². The fraction of sp³-hybridized carbons (Fsp3) is 0.909. The van der Waals surface area contributed by atoms with Gasteiger partial charge in [0.2, 0.25) is 0 Å². The van der Waals surface area contributed by atoms with Crippen LogP contribution in [0.15, 0.2) is 0 Å². The Kier molecular flexibility index (Phi) is 3.97.